The van der Waals surface area contributed by atoms with E-state index in [-0.39, 0.29) is 0 Å². The topological polar surface area (TPSA) is 0 Å². The second-order valence-corrected chi connectivity index (χ2v) is 32.3. The SMILES string of the molecule is CC.CC.CC(C)(C)C.CC(C)C.CC(C)C(C)C.CC1(C)CC1.CC1CC1.CC1CCC1.CC1C[C@H]1C.CCC.CCC(C)C.CCC(C)C.CCC(C)CC.CCC1CC1.CCCC.CCCC(C)C.CCCC(C)C.CCCCC.CCCCCC. The Morgan fingerprint density at radius 3 is 0.584 bits per heavy atom. The monoisotopic (exact) mass is 1280 g/mol. The molecule has 0 aliphatic heterocycles. The summed E-state index contributed by atoms with van der Waals surface area (Å²) in [6.07, 6.45) is 40.4. The second-order valence-electron chi connectivity index (χ2n) is 32.3. The van der Waals surface area contributed by atoms with E-state index in [1.54, 1.807) is 0 Å². The van der Waals surface area contributed by atoms with Crippen molar-refractivity contribution in [3.63, 3.8) is 0 Å². The van der Waals surface area contributed by atoms with Crippen LogP contribution in [0, 0.1) is 87.8 Å². The maximum absolute atomic E-state index is 2.31. The van der Waals surface area contributed by atoms with Crippen molar-refractivity contribution < 1.29 is 0 Å². The van der Waals surface area contributed by atoms with Crippen LogP contribution in [-0.4, -0.2) is 0 Å². The first-order valence-electron chi connectivity index (χ1n) is 41.2. The lowest BCUT2D eigenvalue weighted by atomic mass is 9.88. The highest BCUT2D eigenvalue weighted by molar-refractivity contribution is 4.82. The first kappa shape index (κ1) is 123. The van der Waals surface area contributed by atoms with Crippen LogP contribution in [0.4, 0.5) is 0 Å². The first-order chi connectivity index (χ1) is 41.2. The predicted molar refractivity (Wildman–Crippen MR) is 439 cm³/mol. The third-order valence-electron chi connectivity index (χ3n) is 14.6. The second kappa shape index (κ2) is 104. The molecule has 0 saturated heterocycles. The van der Waals surface area contributed by atoms with Crippen LogP contribution in [0.5, 0.6) is 0 Å². The Labute approximate surface area is 582 Å². The zero-order valence-electron chi connectivity index (χ0n) is 74.0. The maximum Gasteiger partial charge on any atom is -0.0354 e. The standard InChI is InChI=1S/5C6H14.4C5H10.4C5H12.C4H8.2C4H10.C3H8.2C2H6/c1-5(2)6(3)4;2*1-4-5-6(2)3;1-4-6(3)5-2;1-3-5-6-4-2;1-5(2)3-4-5;1-4-3-5(4)2;1-5-3-2-4-5;1-2-5-3-4-5;1-5(2,3)4;2*1-4-5(2)3;1-3-5-4-2;1-4-2-3-4;1-4(2)3;1-3-4-2;1-3-2;2*1-2/h5-6H,1-4H3;3*6H,4-5H2,1-3H3;3-6H2,1-2H3;3-4H2,1-2H3;4-5H,3H2,1-2H3;2*5H,2-4H2,1H3;1-4H3;2*5H,4H2,1-3H3;3-5H2,1-2H3;4H,2-3H2,1H3;4H,1-3H3;3-4H2,1-2H3;3H2,1-2H3;2*1-2H3/t;;;;;;4-,5?;;;;;;;;;;;;/m......1............/s1. The van der Waals surface area contributed by atoms with Crippen molar-refractivity contribution in [1.82, 2.24) is 0 Å². The van der Waals surface area contributed by atoms with Gasteiger partial charge in [0.25, 0.3) is 0 Å². The molecule has 0 amide bonds. The fraction of sp³-hybridized carbons (Fsp3) is 1.00. The van der Waals surface area contributed by atoms with E-state index in [0.29, 0.717) is 5.41 Å². The summed E-state index contributed by atoms with van der Waals surface area (Å²) in [6, 6.07) is 0. The van der Waals surface area contributed by atoms with Gasteiger partial charge in [-0.05, 0) is 107 Å². The van der Waals surface area contributed by atoms with Gasteiger partial charge in [0.15, 0.2) is 0 Å². The molecule has 0 radical (unpaired) electrons. The van der Waals surface area contributed by atoms with Gasteiger partial charge in [0.1, 0.15) is 0 Å². The van der Waals surface area contributed by atoms with Gasteiger partial charge in [0.05, 0.1) is 0 Å². The highest BCUT2D eigenvalue weighted by atomic mass is 14.4. The van der Waals surface area contributed by atoms with Crippen molar-refractivity contribution in [3.8, 4) is 0 Å². The molecule has 0 nitrogen and oxygen atoms in total. The van der Waals surface area contributed by atoms with Gasteiger partial charge >= 0.3 is 0 Å². The number of hydrogen-bond donors (Lipinski definition) is 0. The average Bonchev–Trinajstić information content (AvgIpc) is 4.29. The lowest BCUT2D eigenvalue weighted by molar-refractivity contribution is 0.346. The van der Waals surface area contributed by atoms with Crippen molar-refractivity contribution >= 4 is 0 Å². The maximum atomic E-state index is 2.31. The minimum atomic E-state index is 0.500. The fourth-order valence-electron chi connectivity index (χ4n) is 4.36. The third-order valence-corrected chi connectivity index (χ3v) is 14.6. The average molecular weight is 1280 g/mol. The summed E-state index contributed by atoms with van der Waals surface area (Å²) in [5.41, 5.74) is 1.25. The van der Waals surface area contributed by atoms with Crippen LogP contribution in [0.1, 0.15) is 498 Å². The molecule has 0 heteroatoms. The summed E-state index contributed by atoms with van der Waals surface area (Å²) in [5.74, 6) is 12.4. The normalized spacial score (nSPS) is 15.1. The van der Waals surface area contributed by atoms with Crippen LogP contribution in [-0.2, 0) is 0 Å². The molecule has 5 rings (SSSR count). The Morgan fingerprint density at radius 1 is 0.360 bits per heavy atom. The molecule has 0 spiro atoms. The summed E-state index contributed by atoms with van der Waals surface area (Å²) >= 11 is 0. The number of unbranched alkanes of at least 4 members (excludes halogenated alkanes) is 6. The van der Waals surface area contributed by atoms with Gasteiger partial charge in [-0.15, -0.1) is 0 Å². The van der Waals surface area contributed by atoms with E-state index < -0.39 is 0 Å². The molecule has 0 aromatic heterocycles. The van der Waals surface area contributed by atoms with E-state index in [9.17, 15) is 0 Å². The molecule has 5 aliphatic carbocycles. The largest absolute Gasteiger partial charge is 0.0683 e. The van der Waals surface area contributed by atoms with Crippen molar-refractivity contribution in [2.24, 2.45) is 87.8 Å². The highest BCUT2D eigenvalue weighted by Gasteiger charge is 2.30. The Bertz CT molecular complexity index is 896. The van der Waals surface area contributed by atoms with Crippen molar-refractivity contribution in [2.75, 3.05) is 0 Å². The molecule has 0 heterocycles. The van der Waals surface area contributed by atoms with Crippen molar-refractivity contribution in [1.29, 1.82) is 0 Å². The van der Waals surface area contributed by atoms with E-state index in [1.165, 1.54) is 186 Å². The lowest BCUT2D eigenvalue weighted by Gasteiger charge is -2.18. The summed E-state index contributed by atoms with van der Waals surface area (Å²) < 4.78 is 0. The fourth-order valence-corrected chi connectivity index (χ4v) is 4.36. The van der Waals surface area contributed by atoms with Crippen LogP contribution in [0.25, 0.3) is 0 Å². The molecule has 5 saturated carbocycles. The van der Waals surface area contributed by atoms with E-state index in [2.05, 4.69) is 284 Å². The highest BCUT2D eigenvalue weighted by Crippen LogP contribution is 2.43. The first-order valence-corrected chi connectivity index (χ1v) is 41.2. The lowest BCUT2D eigenvalue weighted by Crippen LogP contribution is -2.04. The third kappa shape index (κ3) is 271. The molecule has 5 aliphatic rings. The Balaban J connectivity index is -0.0000000559. The molecule has 5 fully saturated rings. The quantitative estimate of drug-likeness (QED) is 0.135. The van der Waals surface area contributed by atoms with Gasteiger partial charge in [-0.2, -0.15) is 0 Å². The van der Waals surface area contributed by atoms with Gasteiger partial charge in [-0.3, -0.25) is 0 Å². The van der Waals surface area contributed by atoms with E-state index in [0.717, 1.165) is 82.3 Å². The molecule has 0 bridgehead atoms. The molecular weight excluding hydrogens is 1070 g/mol. The minimum absolute atomic E-state index is 0.500. The molecular formula is C89H206. The Kier molecular flexibility index (Phi) is 143. The molecule has 89 heavy (non-hydrogen) atoms. The molecule has 0 aromatic carbocycles. The van der Waals surface area contributed by atoms with Gasteiger partial charge in [0, 0.05) is 0 Å². The summed E-state index contributed by atoms with van der Waals surface area (Å²) in [4.78, 5) is 0. The van der Waals surface area contributed by atoms with Crippen molar-refractivity contribution in [2.45, 2.75) is 498 Å². The zero-order valence-corrected chi connectivity index (χ0v) is 74.0. The molecule has 562 valence electrons. The summed E-state index contributed by atoms with van der Waals surface area (Å²) in [6.45, 7) is 99.2. The predicted octanol–water partition coefficient (Wildman–Crippen LogP) is 36.0. The zero-order chi connectivity index (χ0) is 74.0. The number of hydrogen-bond acceptors (Lipinski definition) is 0. The van der Waals surface area contributed by atoms with Crippen LogP contribution < -0.4 is 0 Å². The molecule has 1 unspecified atom stereocenters. The number of rotatable bonds is 16. The summed E-state index contributed by atoms with van der Waals surface area (Å²) in [7, 11) is 0. The van der Waals surface area contributed by atoms with E-state index in [1.807, 2.05) is 27.7 Å². The van der Waals surface area contributed by atoms with Crippen LogP contribution in [0.2, 0.25) is 0 Å². The van der Waals surface area contributed by atoms with Crippen LogP contribution in [0.15, 0.2) is 0 Å². The molecule has 2 atom stereocenters. The minimum Gasteiger partial charge on any atom is -0.0683 e. The molecule has 0 N–H and O–H groups in total. The van der Waals surface area contributed by atoms with E-state index in [4.69, 9.17) is 0 Å². The van der Waals surface area contributed by atoms with Crippen molar-refractivity contribution in [3.05, 3.63) is 0 Å². The Morgan fingerprint density at radius 2 is 0.573 bits per heavy atom. The molecule has 0 aromatic rings. The smallest absolute Gasteiger partial charge is 0.0354 e. The van der Waals surface area contributed by atoms with E-state index >= 15 is 0 Å². The van der Waals surface area contributed by atoms with Gasteiger partial charge in [-0.1, -0.05) is 479 Å². The summed E-state index contributed by atoms with van der Waals surface area (Å²) in [5, 5.41) is 0. The Hall–Kier alpha value is 0. The van der Waals surface area contributed by atoms with Gasteiger partial charge in [0.2, 0.25) is 0 Å². The van der Waals surface area contributed by atoms with Gasteiger partial charge in [-0.25, -0.2) is 0 Å². The van der Waals surface area contributed by atoms with Gasteiger partial charge < -0.3 is 0 Å². The van der Waals surface area contributed by atoms with Crippen LogP contribution >= 0.6 is 0 Å². The van der Waals surface area contributed by atoms with Crippen LogP contribution in [0.3, 0.4) is 0 Å².